The topological polar surface area (TPSA) is 30.2 Å². The van der Waals surface area contributed by atoms with Gasteiger partial charge in [-0.15, -0.1) is 11.6 Å². The van der Waals surface area contributed by atoms with Crippen LogP contribution in [0.1, 0.15) is 5.82 Å². The highest BCUT2D eigenvalue weighted by molar-refractivity contribution is 6.17. The van der Waals surface area contributed by atoms with Gasteiger partial charge in [-0.05, 0) is 12.1 Å². The molecule has 4 heteroatoms. The Morgan fingerprint density at radius 3 is 3.08 bits per heavy atom. The van der Waals surface area contributed by atoms with Crippen LogP contribution in [0.15, 0.2) is 24.4 Å². The molecule has 0 aliphatic heterocycles. The monoisotopic (exact) mass is 181 g/mol. The summed E-state index contributed by atoms with van der Waals surface area (Å²) in [6, 6.07) is 5.78. The van der Waals surface area contributed by atoms with E-state index in [1.165, 1.54) is 0 Å². The van der Waals surface area contributed by atoms with E-state index in [-0.39, 0.29) is 0 Å². The Bertz CT molecular complexity index is 349. The molecule has 12 heavy (non-hydrogen) atoms. The SMILES string of the molecule is ClCCc1nc2ccccn2n1. The summed E-state index contributed by atoms with van der Waals surface area (Å²) in [5.74, 6) is 1.37. The van der Waals surface area contributed by atoms with Crippen molar-refractivity contribution in [2.75, 3.05) is 5.88 Å². The van der Waals surface area contributed by atoms with E-state index in [0.29, 0.717) is 5.88 Å². The maximum atomic E-state index is 5.57. The van der Waals surface area contributed by atoms with Crippen molar-refractivity contribution in [1.82, 2.24) is 14.6 Å². The van der Waals surface area contributed by atoms with E-state index in [4.69, 9.17) is 11.6 Å². The minimum atomic E-state index is 0.566. The second-order valence-electron chi connectivity index (χ2n) is 2.47. The molecule has 0 aliphatic rings. The van der Waals surface area contributed by atoms with Gasteiger partial charge in [0.25, 0.3) is 0 Å². The lowest BCUT2D eigenvalue weighted by Gasteiger charge is -1.85. The van der Waals surface area contributed by atoms with Gasteiger partial charge in [-0.3, -0.25) is 0 Å². The number of hydrogen-bond acceptors (Lipinski definition) is 2. The van der Waals surface area contributed by atoms with E-state index in [2.05, 4.69) is 10.1 Å². The van der Waals surface area contributed by atoms with Gasteiger partial charge >= 0.3 is 0 Å². The van der Waals surface area contributed by atoms with Crippen LogP contribution in [0, 0.1) is 0 Å². The first-order chi connectivity index (χ1) is 5.90. The van der Waals surface area contributed by atoms with Crippen LogP contribution in [0.2, 0.25) is 0 Å². The first kappa shape index (κ1) is 7.55. The van der Waals surface area contributed by atoms with E-state index >= 15 is 0 Å². The maximum absolute atomic E-state index is 5.57. The molecule has 0 bridgehead atoms. The van der Waals surface area contributed by atoms with Gasteiger partial charge in [0.1, 0.15) is 0 Å². The molecule has 0 aromatic carbocycles. The van der Waals surface area contributed by atoms with Gasteiger partial charge in [0, 0.05) is 18.5 Å². The largest absolute Gasteiger partial charge is 0.221 e. The number of alkyl halides is 1. The highest BCUT2D eigenvalue weighted by atomic mass is 35.5. The average Bonchev–Trinajstić information content (AvgIpc) is 2.47. The fourth-order valence-electron chi connectivity index (χ4n) is 1.07. The first-order valence-electron chi connectivity index (χ1n) is 3.76. The van der Waals surface area contributed by atoms with E-state index in [1.807, 2.05) is 24.4 Å². The van der Waals surface area contributed by atoms with Gasteiger partial charge in [0.05, 0.1) is 0 Å². The van der Waals surface area contributed by atoms with Crippen molar-refractivity contribution < 1.29 is 0 Å². The van der Waals surface area contributed by atoms with Crippen molar-refractivity contribution >= 4 is 17.2 Å². The summed E-state index contributed by atoms with van der Waals surface area (Å²) >= 11 is 5.57. The van der Waals surface area contributed by atoms with Crippen LogP contribution in [0.3, 0.4) is 0 Å². The molecule has 0 fully saturated rings. The van der Waals surface area contributed by atoms with Gasteiger partial charge < -0.3 is 0 Å². The minimum Gasteiger partial charge on any atom is -0.221 e. The number of fused-ring (bicyclic) bond motifs is 1. The van der Waals surface area contributed by atoms with E-state index in [9.17, 15) is 0 Å². The number of rotatable bonds is 2. The van der Waals surface area contributed by atoms with Crippen LogP contribution in [-0.2, 0) is 6.42 Å². The van der Waals surface area contributed by atoms with Crippen LogP contribution >= 0.6 is 11.6 Å². The molecule has 0 N–H and O–H groups in total. The van der Waals surface area contributed by atoms with Crippen LogP contribution in [0.25, 0.3) is 5.65 Å². The zero-order valence-corrected chi connectivity index (χ0v) is 7.20. The normalized spacial score (nSPS) is 10.8. The third-order valence-electron chi connectivity index (χ3n) is 1.60. The molecule has 0 saturated heterocycles. The zero-order chi connectivity index (χ0) is 8.39. The van der Waals surface area contributed by atoms with Crippen LogP contribution in [0.4, 0.5) is 0 Å². The van der Waals surface area contributed by atoms with E-state index < -0.39 is 0 Å². The molecular formula is C8H8ClN3. The standard InChI is InChI=1S/C8H8ClN3/c9-5-4-7-10-8-3-1-2-6-12(8)11-7/h1-3,6H,4-5H2. The Morgan fingerprint density at radius 1 is 1.42 bits per heavy atom. The Hall–Kier alpha value is -1.09. The van der Waals surface area contributed by atoms with Crippen molar-refractivity contribution in [3.63, 3.8) is 0 Å². The third-order valence-corrected chi connectivity index (χ3v) is 1.79. The van der Waals surface area contributed by atoms with Crippen LogP contribution in [0.5, 0.6) is 0 Å². The number of pyridine rings is 1. The molecule has 0 unspecified atom stereocenters. The fourth-order valence-corrected chi connectivity index (χ4v) is 1.24. The zero-order valence-electron chi connectivity index (χ0n) is 6.44. The predicted octanol–water partition coefficient (Wildman–Crippen LogP) is 1.51. The molecule has 0 atom stereocenters. The minimum absolute atomic E-state index is 0.566. The molecule has 2 heterocycles. The summed E-state index contributed by atoms with van der Waals surface area (Å²) in [5.41, 5.74) is 0.873. The van der Waals surface area contributed by atoms with Crippen LogP contribution in [-0.4, -0.2) is 20.5 Å². The Kier molecular flexibility index (Phi) is 1.96. The van der Waals surface area contributed by atoms with Gasteiger partial charge in [-0.25, -0.2) is 9.50 Å². The molecule has 0 radical (unpaired) electrons. The summed E-state index contributed by atoms with van der Waals surface area (Å²) in [6.07, 6.45) is 2.60. The van der Waals surface area contributed by atoms with Gasteiger partial charge in [0.2, 0.25) is 0 Å². The first-order valence-corrected chi connectivity index (χ1v) is 4.30. The summed E-state index contributed by atoms with van der Waals surface area (Å²) in [5, 5.41) is 4.22. The number of aryl methyl sites for hydroxylation is 1. The summed E-state index contributed by atoms with van der Waals surface area (Å²) < 4.78 is 1.75. The molecular weight excluding hydrogens is 174 g/mol. The number of halogens is 1. The highest BCUT2D eigenvalue weighted by Crippen LogP contribution is 2.01. The lowest BCUT2D eigenvalue weighted by Crippen LogP contribution is -1.89. The Morgan fingerprint density at radius 2 is 2.33 bits per heavy atom. The number of hydrogen-bond donors (Lipinski definition) is 0. The van der Waals surface area contributed by atoms with E-state index in [1.54, 1.807) is 4.52 Å². The summed E-state index contributed by atoms with van der Waals surface area (Å²) in [4.78, 5) is 4.27. The van der Waals surface area contributed by atoms with Crippen molar-refractivity contribution in [1.29, 1.82) is 0 Å². The smallest absolute Gasteiger partial charge is 0.155 e. The molecule has 0 spiro atoms. The van der Waals surface area contributed by atoms with Crippen molar-refractivity contribution in [2.24, 2.45) is 0 Å². The third kappa shape index (κ3) is 1.28. The molecule has 0 amide bonds. The van der Waals surface area contributed by atoms with Crippen molar-refractivity contribution in [3.05, 3.63) is 30.2 Å². The molecule has 0 aliphatic carbocycles. The van der Waals surface area contributed by atoms with Gasteiger partial charge in [-0.1, -0.05) is 6.07 Å². The second kappa shape index (κ2) is 3.11. The van der Waals surface area contributed by atoms with Crippen LogP contribution < -0.4 is 0 Å². The van der Waals surface area contributed by atoms with Gasteiger partial charge in [-0.2, -0.15) is 5.10 Å². The predicted molar refractivity (Wildman–Crippen MR) is 47.4 cm³/mol. The van der Waals surface area contributed by atoms with Gasteiger partial charge in [0.15, 0.2) is 11.5 Å². The second-order valence-corrected chi connectivity index (χ2v) is 2.85. The quantitative estimate of drug-likeness (QED) is 0.658. The molecule has 0 saturated carbocycles. The molecule has 3 nitrogen and oxygen atoms in total. The van der Waals surface area contributed by atoms with Crippen molar-refractivity contribution in [2.45, 2.75) is 6.42 Å². The number of aromatic nitrogens is 3. The highest BCUT2D eigenvalue weighted by Gasteiger charge is 2.00. The lowest BCUT2D eigenvalue weighted by molar-refractivity contribution is 0.888. The number of nitrogens with zero attached hydrogens (tertiary/aromatic N) is 3. The Balaban J connectivity index is 2.47. The summed E-state index contributed by atoms with van der Waals surface area (Å²) in [7, 11) is 0. The molecule has 2 aromatic heterocycles. The van der Waals surface area contributed by atoms with E-state index in [0.717, 1.165) is 17.9 Å². The molecule has 2 aromatic rings. The summed E-state index contributed by atoms with van der Waals surface area (Å²) in [6.45, 7) is 0. The lowest BCUT2D eigenvalue weighted by atomic mass is 10.5. The Labute approximate surface area is 75.0 Å². The fraction of sp³-hybridized carbons (Fsp3) is 0.250. The molecule has 62 valence electrons. The van der Waals surface area contributed by atoms with Crippen molar-refractivity contribution in [3.8, 4) is 0 Å². The average molecular weight is 182 g/mol. The maximum Gasteiger partial charge on any atom is 0.155 e. The molecule has 2 rings (SSSR count).